The third-order valence-electron chi connectivity index (χ3n) is 2.14. The normalized spacial score (nSPS) is 10.5. The van der Waals surface area contributed by atoms with Crippen molar-refractivity contribution >= 4 is 33.9 Å². The van der Waals surface area contributed by atoms with Crippen molar-refractivity contribution in [1.82, 2.24) is 5.32 Å². The van der Waals surface area contributed by atoms with E-state index in [1.807, 2.05) is 24.3 Å². The summed E-state index contributed by atoms with van der Waals surface area (Å²) in [4.78, 5) is 21.6. The van der Waals surface area contributed by atoms with Gasteiger partial charge in [0, 0.05) is 23.5 Å². The number of nitrogens with one attached hydrogen (secondary N) is 1. The van der Waals surface area contributed by atoms with Gasteiger partial charge in [-0.25, -0.2) is 0 Å². The van der Waals surface area contributed by atoms with Gasteiger partial charge in [-0.05, 0) is 30.2 Å². The van der Waals surface area contributed by atoms with Crippen molar-refractivity contribution < 1.29 is 14.7 Å². The summed E-state index contributed by atoms with van der Waals surface area (Å²) in [5, 5.41) is 11.0. The van der Waals surface area contributed by atoms with E-state index in [0.717, 1.165) is 10.0 Å². The monoisotopic (exact) mass is 311 g/mol. The second-order valence-corrected chi connectivity index (χ2v) is 4.59. The van der Waals surface area contributed by atoms with Gasteiger partial charge in [-0.1, -0.05) is 28.1 Å². The minimum Gasteiger partial charge on any atom is -0.481 e. The highest BCUT2D eigenvalue weighted by Crippen LogP contribution is 2.12. The lowest BCUT2D eigenvalue weighted by Gasteiger charge is -2.00. The lowest BCUT2D eigenvalue weighted by molar-refractivity contribution is -0.137. The summed E-state index contributed by atoms with van der Waals surface area (Å²) in [7, 11) is 0. The standard InChI is InChI=1S/C13H14BrNO3/c14-11-4-1-3-10(9-11)6-7-12(16)15-8-2-5-13(17)18/h1,3-4,6-7,9H,2,5,8H2,(H,15,16)(H,17,18). The van der Waals surface area contributed by atoms with Crippen LogP contribution in [0.3, 0.4) is 0 Å². The van der Waals surface area contributed by atoms with Crippen molar-refractivity contribution in [3.05, 3.63) is 40.4 Å². The van der Waals surface area contributed by atoms with Gasteiger partial charge < -0.3 is 10.4 Å². The van der Waals surface area contributed by atoms with Crippen LogP contribution in [-0.4, -0.2) is 23.5 Å². The molecule has 1 rings (SSSR count). The molecule has 0 saturated heterocycles. The molecular formula is C13H14BrNO3. The highest BCUT2D eigenvalue weighted by atomic mass is 79.9. The van der Waals surface area contributed by atoms with Crippen molar-refractivity contribution in [2.75, 3.05) is 6.54 Å². The van der Waals surface area contributed by atoms with Crippen LogP contribution >= 0.6 is 15.9 Å². The number of hydrogen-bond acceptors (Lipinski definition) is 2. The maximum atomic E-state index is 11.4. The molecule has 0 aliphatic carbocycles. The molecule has 0 saturated carbocycles. The molecule has 2 N–H and O–H groups in total. The van der Waals surface area contributed by atoms with E-state index in [1.165, 1.54) is 6.08 Å². The van der Waals surface area contributed by atoms with Gasteiger partial charge in [-0.15, -0.1) is 0 Å². The topological polar surface area (TPSA) is 66.4 Å². The van der Waals surface area contributed by atoms with E-state index < -0.39 is 5.97 Å². The molecule has 0 atom stereocenters. The van der Waals surface area contributed by atoms with Crippen molar-refractivity contribution in [3.63, 3.8) is 0 Å². The predicted molar refractivity (Wildman–Crippen MR) is 73.1 cm³/mol. The van der Waals surface area contributed by atoms with E-state index in [0.29, 0.717) is 13.0 Å². The first kappa shape index (κ1) is 14.4. The Morgan fingerprint density at radius 2 is 2.17 bits per heavy atom. The van der Waals surface area contributed by atoms with E-state index >= 15 is 0 Å². The summed E-state index contributed by atoms with van der Waals surface area (Å²) < 4.78 is 0.950. The van der Waals surface area contributed by atoms with Gasteiger partial charge >= 0.3 is 5.97 Å². The molecule has 1 aromatic rings. The molecule has 0 aliphatic rings. The average Bonchev–Trinajstić information content (AvgIpc) is 2.32. The zero-order chi connectivity index (χ0) is 13.4. The fraction of sp³-hybridized carbons (Fsp3) is 0.231. The molecule has 96 valence electrons. The number of carboxylic acid groups (broad SMARTS) is 1. The Labute approximate surface area is 114 Å². The second kappa shape index (κ2) is 7.66. The third-order valence-corrected chi connectivity index (χ3v) is 2.64. The summed E-state index contributed by atoms with van der Waals surface area (Å²) >= 11 is 3.34. The number of hydrogen-bond donors (Lipinski definition) is 2. The Bertz CT molecular complexity index is 457. The third kappa shape index (κ3) is 6.20. The SMILES string of the molecule is O=C(O)CCCNC(=O)C=Cc1cccc(Br)c1. The molecule has 1 amide bonds. The van der Waals surface area contributed by atoms with Gasteiger partial charge in [0.15, 0.2) is 0 Å². The van der Waals surface area contributed by atoms with Crippen LogP contribution in [0.2, 0.25) is 0 Å². The van der Waals surface area contributed by atoms with E-state index in [1.54, 1.807) is 6.08 Å². The van der Waals surface area contributed by atoms with Crippen LogP contribution in [0.15, 0.2) is 34.8 Å². The number of carbonyl (C=O) groups is 2. The molecule has 0 bridgehead atoms. The summed E-state index contributed by atoms with van der Waals surface area (Å²) in [5.41, 5.74) is 0.921. The van der Waals surface area contributed by atoms with Crippen LogP contribution in [0.5, 0.6) is 0 Å². The Hall–Kier alpha value is -1.62. The molecule has 0 aliphatic heterocycles. The number of benzene rings is 1. The van der Waals surface area contributed by atoms with Crippen molar-refractivity contribution in [2.45, 2.75) is 12.8 Å². The first-order valence-electron chi connectivity index (χ1n) is 5.51. The van der Waals surface area contributed by atoms with Gasteiger partial charge in [0.1, 0.15) is 0 Å². The van der Waals surface area contributed by atoms with Crippen LogP contribution in [0.1, 0.15) is 18.4 Å². The molecule has 1 aromatic carbocycles. The highest BCUT2D eigenvalue weighted by Gasteiger charge is 1.98. The largest absolute Gasteiger partial charge is 0.481 e. The molecule has 0 aromatic heterocycles. The number of amides is 1. The Morgan fingerprint density at radius 3 is 2.83 bits per heavy atom. The van der Waals surface area contributed by atoms with Crippen LogP contribution in [0.4, 0.5) is 0 Å². The van der Waals surface area contributed by atoms with E-state index in [2.05, 4.69) is 21.2 Å². The minimum atomic E-state index is -0.853. The van der Waals surface area contributed by atoms with Gasteiger partial charge in [-0.2, -0.15) is 0 Å². The molecule has 4 nitrogen and oxygen atoms in total. The van der Waals surface area contributed by atoms with Crippen LogP contribution in [0, 0.1) is 0 Å². The number of aliphatic carboxylic acids is 1. The summed E-state index contributed by atoms with van der Waals surface area (Å²) in [5.74, 6) is -1.07. The lowest BCUT2D eigenvalue weighted by atomic mass is 10.2. The molecule has 0 unspecified atom stereocenters. The highest BCUT2D eigenvalue weighted by molar-refractivity contribution is 9.10. The fourth-order valence-corrected chi connectivity index (χ4v) is 1.71. The van der Waals surface area contributed by atoms with Gasteiger partial charge in [0.25, 0.3) is 0 Å². The fourth-order valence-electron chi connectivity index (χ4n) is 1.29. The molecule has 5 heteroatoms. The zero-order valence-corrected chi connectivity index (χ0v) is 11.3. The van der Waals surface area contributed by atoms with Gasteiger partial charge in [0.2, 0.25) is 5.91 Å². The summed E-state index contributed by atoms with van der Waals surface area (Å²) in [6, 6.07) is 7.57. The lowest BCUT2D eigenvalue weighted by Crippen LogP contribution is -2.22. The minimum absolute atomic E-state index is 0.0651. The molecular weight excluding hydrogens is 298 g/mol. The molecule has 18 heavy (non-hydrogen) atoms. The molecule has 0 radical (unpaired) electrons. The smallest absolute Gasteiger partial charge is 0.303 e. The van der Waals surface area contributed by atoms with Crippen LogP contribution in [0.25, 0.3) is 6.08 Å². The van der Waals surface area contributed by atoms with Crippen molar-refractivity contribution in [1.29, 1.82) is 0 Å². The van der Waals surface area contributed by atoms with Gasteiger partial charge in [-0.3, -0.25) is 9.59 Å². The van der Waals surface area contributed by atoms with E-state index in [9.17, 15) is 9.59 Å². The number of rotatable bonds is 6. The summed E-state index contributed by atoms with van der Waals surface area (Å²) in [6.45, 7) is 0.369. The number of halogens is 1. The maximum Gasteiger partial charge on any atom is 0.303 e. The Morgan fingerprint density at radius 1 is 1.39 bits per heavy atom. The first-order chi connectivity index (χ1) is 8.58. The van der Waals surface area contributed by atoms with Gasteiger partial charge in [0.05, 0.1) is 0 Å². The van der Waals surface area contributed by atoms with Crippen molar-refractivity contribution in [3.8, 4) is 0 Å². The quantitative estimate of drug-likeness (QED) is 0.626. The molecule has 0 spiro atoms. The second-order valence-electron chi connectivity index (χ2n) is 3.68. The van der Waals surface area contributed by atoms with Crippen molar-refractivity contribution in [2.24, 2.45) is 0 Å². The van der Waals surface area contributed by atoms with E-state index in [-0.39, 0.29) is 12.3 Å². The summed E-state index contributed by atoms with van der Waals surface area (Å²) in [6.07, 6.45) is 3.64. The Balaban J connectivity index is 2.33. The van der Waals surface area contributed by atoms with E-state index in [4.69, 9.17) is 5.11 Å². The number of carbonyl (C=O) groups excluding carboxylic acids is 1. The molecule has 0 fully saturated rings. The molecule has 0 heterocycles. The Kier molecular flexibility index (Phi) is 6.14. The van der Waals surface area contributed by atoms with Crippen LogP contribution < -0.4 is 5.32 Å². The average molecular weight is 312 g/mol. The number of carboxylic acids is 1. The first-order valence-corrected chi connectivity index (χ1v) is 6.30. The maximum absolute atomic E-state index is 11.4. The zero-order valence-electron chi connectivity index (χ0n) is 9.73. The van der Waals surface area contributed by atoms with Crippen LogP contribution in [-0.2, 0) is 9.59 Å². The predicted octanol–water partition coefficient (Wildman–Crippen LogP) is 2.44.